The smallest absolute Gasteiger partial charge is 0.251 e. The summed E-state index contributed by atoms with van der Waals surface area (Å²) in [5, 5.41) is 3.14. The molecule has 1 saturated heterocycles. The van der Waals surface area contributed by atoms with Gasteiger partial charge in [0.15, 0.2) is 0 Å². The zero-order valence-corrected chi connectivity index (χ0v) is 11.3. The molecule has 1 fully saturated rings. The lowest BCUT2D eigenvalue weighted by Crippen LogP contribution is -2.37. The third-order valence-electron chi connectivity index (χ3n) is 3.23. The highest BCUT2D eigenvalue weighted by Gasteiger charge is 2.18. The topological polar surface area (TPSA) is 55.1 Å². The molecule has 0 aromatic heterocycles. The average molecular weight is 264 g/mol. The summed E-state index contributed by atoms with van der Waals surface area (Å²) >= 11 is 1.97. The summed E-state index contributed by atoms with van der Waals surface area (Å²) < 4.78 is 0. The number of amides is 1. The third-order valence-corrected chi connectivity index (χ3v) is 4.28. The highest BCUT2D eigenvalue weighted by atomic mass is 32.2. The summed E-state index contributed by atoms with van der Waals surface area (Å²) in [6.07, 6.45) is 2.91. The van der Waals surface area contributed by atoms with E-state index in [1.807, 2.05) is 36.0 Å². The van der Waals surface area contributed by atoms with Gasteiger partial charge in [-0.05, 0) is 48.9 Å². The molecule has 1 aromatic rings. The second-order valence-electron chi connectivity index (χ2n) is 4.56. The van der Waals surface area contributed by atoms with Crippen molar-refractivity contribution in [2.75, 3.05) is 18.1 Å². The molecule has 98 valence electrons. The van der Waals surface area contributed by atoms with E-state index in [0.717, 1.165) is 41.9 Å². The molecule has 1 aliphatic rings. The van der Waals surface area contributed by atoms with Crippen molar-refractivity contribution < 1.29 is 4.79 Å². The lowest BCUT2D eigenvalue weighted by molar-refractivity contribution is 0.0934. The molecule has 1 aliphatic heterocycles. The maximum absolute atomic E-state index is 12.2. The average Bonchev–Trinajstić information content (AvgIpc) is 2.41. The zero-order valence-electron chi connectivity index (χ0n) is 10.5. The van der Waals surface area contributed by atoms with Crippen molar-refractivity contribution in [1.29, 1.82) is 0 Å². The van der Waals surface area contributed by atoms with Gasteiger partial charge in [0, 0.05) is 11.6 Å². The Morgan fingerprint density at radius 1 is 1.33 bits per heavy atom. The van der Waals surface area contributed by atoms with Gasteiger partial charge < -0.3 is 11.1 Å². The van der Waals surface area contributed by atoms with Gasteiger partial charge in [0.05, 0.1) is 0 Å². The number of carbonyl (C=O) groups is 1. The van der Waals surface area contributed by atoms with E-state index in [9.17, 15) is 4.79 Å². The molecule has 0 unspecified atom stereocenters. The molecule has 0 aliphatic carbocycles. The van der Waals surface area contributed by atoms with Gasteiger partial charge in [-0.15, -0.1) is 0 Å². The fraction of sp³-hybridized carbons (Fsp3) is 0.500. The molecule has 2 rings (SSSR count). The van der Waals surface area contributed by atoms with Crippen molar-refractivity contribution in [2.45, 2.75) is 25.3 Å². The number of carbonyl (C=O) groups excluding carboxylic acids is 1. The minimum atomic E-state index is 0.0518. The normalized spacial score (nSPS) is 16.5. The molecule has 3 N–H and O–H groups in total. The molecule has 0 radical (unpaired) electrons. The number of hydrogen-bond donors (Lipinski definition) is 2. The third kappa shape index (κ3) is 3.50. The Bertz CT molecular complexity index is 403. The molecule has 0 bridgehead atoms. The Hall–Kier alpha value is -1.00. The molecule has 4 heteroatoms. The van der Waals surface area contributed by atoms with Crippen molar-refractivity contribution in [3.05, 3.63) is 35.4 Å². The largest absolute Gasteiger partial charge is 0.349 e. The Balaban J connectivity index is 2.03. The molecule has 1 amide bonds. The maximum atomic E-state index is 12.2. The number of hydrogen-bond acceptors (Lipinski definition) is 3. The van der Waals surface area contributed by atoms with Crippen LogP contribution in [0.5, 0.6) is 0 Å². The van der Waals surface area contributed by atoms with Crippen molar-refractivity contribution in [3.63, 3.8) is 0 Å². The Labute approximate surface area is 113 Å². The lowest BCUT2D eigenvalue weighted by Gasteiger charge is -2.23. The van der Waals surface area contributed by atoms with Gasteiger partial charge in [-0.25, -0.2) is 0 Å². The zero-order chi connectivity index (χ0) is 12.8. The van der Waals surface area contributed by atoms with E-state index in [1.165, 1.54) is 0 Å². The number of nitrogens with one attached hydrogen (secondary N) is 1. The molecular formula is C14H20N2OS. The molecule has 1 heterocycles. The minimum absolute atomic E-state index is 0.0518. The van der Waals surface area contributed by atoms with Crippen LogP contribution in [0.1, 0.15) is 28.8 Å². The van der Waals surface area contributed by atoms with E-state index in [1.54, 1.807) is 0 Å². The van der Waals surface area contributed by atoms with Crippen molar-refractivity contribution in [1.82, 2.24) is 5.32 Å². The number of thioether (sulfide) groups is 1. The van der Waals surface area contributed by atoms with Crippen LogP contribution < -0.4 is 11.1 Å². The van der Waals surface area contributed by atoms with Crippen LogP contribution in [-0.2, 0) is 6.42 Å². The van der Waals surface area contributed by atoms with Crippen LogP contribution in [0.15, 0.2) is 24.3 Å². The van der Waals surface area contributed by atoms with Crippen LogP contribution in [0.2, 0.25) is 0 Å². The van der Waals surface area contributed by atoms with E-state index in [2.05, 4.69) is 5.32 Å². The van der Waals surface area contributed by atoms with E-state index < -0.39 is 0 Å². The molecular weight excluding hydrogens is 244 g/mol. The molecule has 0 spiro atoms. The Kier molecular flexibility index (Phi) is 5.08. The van der Waals surface area contributed by atoms with Crippen LogP contribution >= 0.6 is 11.8 Å². The van der Waals surface area contributed by atoms with Gasteiger partial charge in [-0.3, -0.25) is 4.79 Å². The highest BCUT2D eigenvalue weighted by Crippen LogP contribution is 2.18. The van der Waals surface area contributed by atoms with Gasteiger partial charge in [-0.2, -0.15) is 11.8 Å². The monoisotopic (exact) mass is 264 g/mol. The summed E-state index contributed by atoms with van der Waals surface area (Å²) in [4.78, 5) is 12.2. The van der Waals surface area contributed by atoms with Crippen LogP contribution in [-0.4, -0.2) is 30.0 Å². The van der Waals surface area contributed by atoms with E-state index in [0.29, 0.717) is 12.6 Å². The molecule has 3 nitrogen and oxygen atoms in total. The fourth-order valence-corrected chi connectivity index (χ4v) is 3.33. The SMILES string of the molecule is NCCc1ccccc1C(=O)NC1CCSCC1. The standard InChI is InChI=1S/C14H20N2OS/c15-8-5-11-3-1-2-4-13(11)14(17)16-12-6-9-18-10-7-12/h1-4,12H,5-10,15H2,(H,16,17). The summed E-state index contributed by atoms with van der Waals surface area (Å²) in [5.74, 6) is 2.35. The molecule has 0 saturated carbocycles. The number of benzene rings is 1. The quantitative estimate of drug-likeness (QED) is 0.872. The van der Waals surface area contributed by atoms with Crippen molar-refractivity contribution in [3.8, 4) is 0 Å². The van der Waals surface area contributed by atoms with Gasteiger partial charge in [-0.1, -0.05) is 18.2 Å². The molecule has 0 atom stereocenters. The Morgan fingerprint density at radius 3 is 2.78 bits per heavy atom. The maximum Gasteiger partial charge on any atom is 0.251 e. The van der Waals surface area contributed by atoms with Crippen LogP contribution in [0.4, 0.5) is 0 Å². The van der Waals surface area contributed by atoms with E-state index in [4.69, 9.17) is 5.73 Å². The predicted octanol–water partition coefficient (Wildman–Crippen LogP) is 1.81. The van der Waals surface area contributed by atoms with Crippen LogP contribution in [0.3, 0.4) is 0 Å². The van der Waals surface area contributed by atoms with E-state index >= 15 is 0 Å². The predicted molar refractivity (Wildman–Crippen MR) is 77.0 cm³/mol. The van der Waals surface area contributed by atoms with Crippen molar-refractivity contribution >= 4 is 17.7 Å². The minimum Gasteiger partial charge on any atom is -0.349 e. The summed E-state index contributed by atoms with van der Waals surface area (Å²) in [7, 11) is 0. The number of nitrogens with two attached hydrogens (primary N) is 1. The van der Waals surface area contributed by atoms with Gasteiger partial charge in [0.2, 0.25) is 0 Å². The van der Waals surface area contributed by atoms with Crippen LogP contribution in [0, 0.1) is 0 Å². The Morgan fingerprint density at radius 2 is 2.06 bits per heavy atom. The number of rotatable bonds is 4. The molecule has 1 aromatic carbocycles. The molecule has 18 heavy (non-hydrogen) atoms. The summed E-state index contributed by atoms with van der Waals surface area (Å²) in [5.41, 5.74) is 7.40. The highest BCUT2D eigenvalue weighted by molar-refractivity contribution is 7.99. The summed E-state index contributed by atoms with van der Waals surface area (Å²) in [6.45, 7) is 0.574. The van der Waals surface area contributed by atoms with Crippen LogP contribution in [0.25, 0.3) is 0 Å². The van der Waals surface area contributed by atoms with Gasteiger partial charge >= 0.3 is 0 Å². The van der Waals surface area contributed by atoms with Crippen molar-refractivity contribution in [2.24, 2.45) is 5.73 Å². The lowest BCUT2D eigenvalue weighted by atomic mass is 10.0. The first-order valence-corrected chi connectivity index (χ1v) is 7.63. The van der Waals surface area contributed by atoms with E-state index in [-0.39, 0.29) is 5.91 Å². The fourth-order valence-electron chi connectivity index (χ4n) is 2.22. The second-order valence-corrected chi connectivity index (χ2v) is 5.78. The van der Waals surface area contributed by atoms with Gasteiger partial charge in [0.1, 0.15) is 0 Å². The first-order valence-electron chi connectivity index (χ1n) is 6.48. The summed E-state index contributed by atoms with van der Waals surface area (Å²) in [6, 6.07) is 8.07. The first-order chi connectivity index (χ1) is 8.81. The second kappa shape index (κ2) is 6.81. The van der Waals surface area contributed by atoms with Gasteiger partial charge in [0.25, 0.3) is 5.91 Å². The first kappa shape index (κ1) is 13.4.